The minimum Gasteiger partial charge on any atom is -0.507 e. The van der Waals surface area contributed by atoms with Gasteiger partial charge in [0.15, 0.2) is 0 Å². The number of carbonyl (C=O) groups excluding carboxylic acids is 1. The lowest BCUT2D eigenvalue weighted by Crippen LogP contribution is -2.30. The predicted molar refractivity (Wildman–Crippen MR) is 72.1 cm³/mol. The van der Waals surface area contributed by atoms with Crippen LogP contribution in [0.1, 0.15) is 61.5 Å². The molecule has 3 nitrogen and oxygen atoms in total. The van der Waals surface area contributed by atoms with E-state index < -0.39 is 5.97 Å². The molecule has 0 amide bonds. The van der Waals surface area contributed by atoms with Gasteiger partial charge in [-0.15, -0.1) is 0 Å². The largest absolute Gasteiger partial charge is 0.507 e. The topological polar surface area (TPSA) is 46.5 Å². The number of phenols is 1. The van der Waals surface area contributed by atoms with Gasteiger partial charge in [-0.3, -0.25) is 0 Å². The van der Waals surface area contributed by atoms with E-state index in [0.29, 0.717) is 11.1 Å². The van der Waals surface area contributed by atoms with E-state index >= 15 is 0 Å². The Balaban J connectivity index is 0.000000771. The number of rotatable bonds is 1. The molecule has 2 rings (SSSR count). The van der Waals surface area contributed by atoms with Gasteiger partial charge in [-0.1, -0.05) is 39.8 Å². The van der Waals surface area contributed by atoms with Crippen molar-refractivity contribution < 1.29 is 14.6 Å². The molecular formula is C15H22O3. The number of hydrogen-bond acceptors (Lipinski definition) is 3. The van der Waals surface area contributed by atoms with Crippen LogP contribution in [0.25, 0.3) is 0 Å². The van der Waals surface area contributed by atoms with E-state index in [-0.39, 0.29) is 17.8 Å². The maximum Gasteiger partial charge on any atom is 0.342 e. The molecule has 2 unspecified atom stereocenters. The van der Waals surface area contributed by atoms with Gasteiger partial charge in [0.1, 0.15) is 17.4 Å². The lowest BCUT2D eigenvalue weighted by molar-refractivity contribution is 0.0176. The molecule has 0 bridgehead atoms. The highest BCUT2D eigenvalue weighted by Crippen LogP contribution is 2.38. The summed E-state index contributed by atoms with van der Waals surface area (Å²) >= 11 is 0. The van der Waals surface area contributed by atoms with Crippen molar-refractivity contribution in [2.45, 2.75) is 53.1 Å². The van der Waals surface area contributed by atoms with Crippen molar-refractivity contribution in [3.63, 3.8) is 0 Å². The highest BCUT2D eigenvalue weighted by molar-refractivity contribution is 5.96. The first kappa shape index (κ1) is 14.6. The Morgan fingerprint density at radius 3 is 2.50 bits per heavy atom. The molecule has 2 atom stereocenters. The highest BCUT2D eigenvalue weighted by atomic mass is 16.5. The number of aromatic hydroxyl groups is 1. The van der Waals surface area contributed by atoms with Crippen LogP contribution in [-0.4, -0.2) is 17.2 Å². The molecule has 18 heavy (non-hydrogen) atoms. The van der Waals surface area contributed by atoms with Crippen molar-refractivity contribution in [3.05, 3.63) is 28.8 Å². The number of cyclic esters (lactones) is 1. The van der Waals surface area contributed by atoms with Crippen molar-refractivity contribution in [1.82, 2.24) is 0 Å². The van der Waals surface area contributed by atoms with Gasteiger partial charge < -0.3 is 9.84 Å². The van der Waals surface area contributed by atoms with Crippen LogP contribution >= 0.6 is 0 Å². The zero-order chi connectivity index (χ0) is 13.9. The van der Waals surface area contributed by atoms with Gasteiger partial charge in [0.25, 0.3) is 0 Å². The summed E-state index contributed by atoms with van der Waals surface area (Å²) in [5, 5.41) is 9.89. The van der Waals surface area contributed by atoms with Crippen LogP contribution in [0.3, 0.4) is 0 Å². The summed E-state index contributed by atoms with van der Waals surface area (Å²) in [7, 11) is 0. The van der Waals surface area contributed by atoms with Crippen molar-refractivity contribution in [3.8, 4) is 5.75 Å². The first-order valence-corrected chi connectivity index (χ1v) is 6.59. The molecule has 100 valence electrons. The quantitative estimate of drug-likeness (QED) is 0.771. The van der Waals surface area contributed by atoms with E-state index in [1.165, 1.54) is 0 Å². The average Bonchev–Trinajstić information content (AvgIpc) is 2.39. The fourth-order valence-electron chi connectivity index (χ4n) is 2.24. The van der Waals surface area contributed by atoms with Crippen LogP contribution in [0.15, 0.2) is 12.1 Å². The molecule has 1 aliphatic rings. The van der Waals surface area contributed by atoms with Crippen LogP contribution in [0.2, 0.25) is 0 Å². The molecule has 1 aromatic rings. The summed E-state index contributed by atoms with van der Waals surface area (Å²) in [6.07, 6.45) is 0.711. The van der Waals surface area contributed by atoms with E-state index in [2.05, 4.69) is 0 Å². The molecule has 3 heteroatoms. The second kappa shape index (κ2) is 5.89. The van der Waals surface area contributed by atoms with Gasteiger partial charge in [-0.2, -0.15) is 0 Å². The number of ether oxygens (including phenoxy) is 1. The SMILES string of the molecule is CC.CCC1OC(=O)c2c(ccc(C)c2O)C1C. The van der Waals surface area contributed by atoms with Crippen LogP contribution < -0.4 is 0 Å². The lowest BCUT2D eigenvalue weighted by Gasteiger charge is -2.30. The minimum absolute atomic E-state index is 0.0592. The number of hydrogen-bond donors (Lipinski definition) is 1. The Bertz CT molecular complexity index is 438. The number of benzene rings is 1. The second-order valence-corrected chi connectivity index (χ2v) is 4.34. The summed E-state index contributed by atoms with van der Waals surface area (Å²) in [5.74, 6) is -0.200. The third-order valence-corrected chi connectivity index (χ3v) is 3.33. The smallest absolute Gasteiger partial charge is 0.342 e. The van der Waals surface area contributed by atoms with E-state index in [4.69, 9.17) is 4.74 Å². The molecule has 0 spiro atoms. The van der Waals surface area contributed by atoms with Crippen molar-refractivity contribution in [2.24, 2.45) is 0 Å². The zero-order valence-electron chi connectivity index (χ0n) is 11.8. The van der Waals surface area contributed by atoms with Crippen LogP contribution in [0, 0.1) is 6.92 Å². The maximum absolute atomic E-state index is 11.8. The van der Waals surface area contributed by atoms with Crippen LogP contribution in [0.5, 0.6) is 5.75 Å². The van der Waals surface area contributed by atoms with Crippen LogP contribution in [0.4, 0.5) is 0 Å². The van der Waals surface area contributed by atoms with Gasteiger partial charge in [0.2, 0.25) is 0 Å². The Hall–Kier alpha value is -1.51. The van der Waals surface area contributed by atoms with E-state index in [0.717, 1.165) is 12.0 Å². The van der Waals surface area contributed by atoms with Crippen molar-refractivity contribution in [2.75, 3.05) is 0 Å². The Morgan fingerprint density at radius 1 is 1.33 bits per heavy atom. The molecular weight excluding hydrogens is 228 g/mol. The maximum atomic E-state index is 11.8. The fourth-order valence-corrected chi connectivity index (χ4v) is 2.24. The lowest BCUT2D eigenvalue weighted by atomic mass is 9.86. The van der Waals surface area contributed by atoms with E-state index in [9.17, 15) is 9.90 Å². The van der Waals surface area contributed by atoms with Gasteiger partial charge in [0, 0.05) is 5.92 Å². The number of carbonyl (C=O) groups is 1. The number of esters is 1. The number of fused-ring (bicyclic) bond motifs is 1. The molecule has 1 aliphatic heterocycles. The molecule has 0 saturated carbocycles. The third kappa shape index (κ3) is 2.35. The van der Waals surface area contributed by atoms with E-state index in [1.807, 2.05) is 39.8 Å². The Kier molecular flexibility index (Phi) is 4.76. The molecule has 1 N–H and O–H groups in total. The molecule has 0 aliphatic carbocycles. The second-order valence-electron chi connectivity index (χ2n) is 4.34. The molecule has 0 aromatic heterocycles. The summed E-state index contributed by atoms with van der Waals surface area (Å²) < 4.78 is 5.31. The van der Waals surface area contributed by atoms with E-state index in [1.54, 1.807) is 6.92 Å². The third-order valence-electron chi connectivity index (χ3n) is 3.33. The number of phenolic OH excluding ortho intramolecular Hbond substituents is 1. The van der Waals surface area contributed by atoms with Gasteiger partial charge >= 0.3 is 5.97 Å². The van der Waals surface area contributed by atoms with Crippen LogP contribution in [-0.2, 0) is 4.74 Å². The molecule has 0 fully saturated rings. The summed E-state index contributed by atoms with van der Waals surface area (Å²) in [4.78, 5) is 11.8. The minimum atomic E-state index is -0.402. The Labute approximate surface area is 109 Å². The summed E-state index contributed by atoms with van der Waals surface area (Å²) in [6, 6.07) is 3.76. The van der Waals surface area contributed by atoms with Gasteiger partial charge in [-0.05, 0) is 24.5 Å². The molecule has 1 heterocycles. The summed E-state index contributed by atoms with van der Waals surface area (Å²) in [6.45, 7) is 9.79. The standard InChI is InChI=1S/C13H16O3.C2H6/c1-4-10-8(3)9-6-5-7(2)12(14)11(9)13(15)16-10;1-2/h5-6,8,10,14H,4H2,1-3H3;1-2H3. The monoisotopic (exact) mass is 250 g/mol. The molecule has 1 aromatic carbocycles. The highest BCUT2D eigenvalue weighted by Gasteiger charge is 2.34. The molecule has 0 radical (unpaired) electrons. The van der Waals surface area contributed by atoms with Crippen molar-refractivity contribution >= 4 is 5.97 Å². The first-order chi connectivity index (χ1) is 8.56. The van der Waals surface area contributed by atoms with Gasteiger partial charge in [-0.25, -0.2) is 4.79 Å². The Morgan fingerprint density at radius 2 is 1.94 bits per heavy atom. The van der Waals surface area contributed by atoms with Gasteiger partial charge in [0.05, 0.1) is 0 Å². The van der Waals surface area contributed by atoms with Crippen molar-refractivity contribution in [1.29, 1.82) is 0 Å². The predicted octanol–water partition coefficient (Wildman–Crippen LogP) is 3.78. The average molecular weight is 250 g/mol. The zero-order valence-corrected chi connectivity index (χ0v) is 11.8. The summed E-state index contributed by atoms with van der Waals surface area (Å²) in [5.41, 5.74) is 1.95. The normalized spacial score (nSPS) is 21.5. The molecule has 0 saturated heterocycles. The fraction of sp³-hybridized carbons (Fsp3) is 0.533. The first-order valence-electron chi connectivity index (χ1n) is 6.59. The number of aryl methyl sites for hydroxylation is 1.